The van der Waals surface area contributed by atoms with E-state index >= 15 is 0 Å². The van der Waals surface area contributed by atoms with Crippen LogP contribution in [0.15, 0.2) is 54.9 Å². The van der Waals surface area contributed by atoms with Gasteiger partial charge in [0.1, 0.15) is 6.33 Å². The summed E-state index contributed by atoms with van der Waals surface area (Å²) in [7, 11) is 0. The summed E-state index contributed by atoms with van der Waals surface area (Å²) in [5.41, 5.74) is 3.71. The van der Waals surface area contributed by atoms with E-state index in [4.69, 9.17) is 0 Å². The largest absolute Gasteiger partial charge is 0.299 e. The summed E-state index contributed by atoms with van der Waals surface area (Å²) in [5, 5.41) is 0. The number of ketones is 1. The maximum absolute atomic E-state index is 11.8. The van der Waals surface area contributed by atoms with Crippen LogP contribution in [-0.2, 0) is 0 Å². The fourth-order valence-electron chi connectivity index (χ4n) is 2.20. The Bertz CT molecular complexity index is 743. The number of imidazole rings is 1. The summed E-state index contributed by atoms with van der Waals surface area (Å²) < 4.78 is 2.00. The number of Topliss-reactive ketones (excluding diaryl/α,β-unsaturated/α-hetero) is 1. The lowest BCUT2D eigenvalue weighted by molar-refractivity contribution is 0.0988. The van der Waals surface area contributed by atoms with Gasteiger partial charge in [-0.2, -0.15) is 0 Å². The van der Waals surface area contributed by atoms with Crippen molar-refractivity contribution >= 4 is 16.8 Å². The molecule has 3 aromatic rings. The van der Waals surface area contributed by atoms with Crippen molar-refractivity contribution in [2.24, 2.45) is 0 Å². The normalized spacial score (nSPS) is 10.8. The molecule has 0 N–H and O–H groups in total. The average Bonchev–Trinajstić information content (AvgIpc) is 2.90. The van der Waals surface area contributed by atoms with E-state index in [-0.39, 0.29) is 5.78 Å². The Kier molecular flexibility index (Phi) is 2.88. The van der Waals surface area contributed by atoms with Gasteiger partial charge in [0.25, 0.3) is 0 Å². The van der Waals surface area contributed by atoms with Crippen molar-refractivity contribution in [1.82, 2.24) is 9.55 Å². The molecule has 1 heterocycles. The topological polar surface area (TPSA) is 34.9 Å². The highest BCUT2D eigenvalue weighted by atomic mass is 16.1. The molecule has 0 aliphatic heterocycles. The molecule has 0 aliphatic carbocycles. The van der Waals surface area contributed by atoms with E-state index in [0.717, 1.165) is 22.3 Å². The Morgan fingerprint density at radius 1 is 1.16 bits per heavy atom. The highest BCUT2D eigenvalue weighted by Crippen LogP contribution is 2.19. The number of benzene rings is 2. The first kappa shape index (κ1) is 11.7. The van der Waals surface area contributed by atoms with Gasteiger partial charge in [0, 0.05) is 17.7 Å². The first-order valence-corrected chi connectivity index (χ1v) is 6.35. The smallest absolute Gasteiger partial charge is 0.162 e. The van der Waals surface area contributed by atoms with Gasteiger partial charge in [-0.25, -0.2) is 4.98 Å². The van der Waals surface area contributed by atoms with Crippen LogP contribution in [0.3, 0.4) is 0 Å². The fourth-order valence-corrected chi connectivity index (χ4v) is 2.20. The maximum Gasteiger partial charge on any atom is 0.162 e. The molecular weight excluding hydrogens is 236 g/mol. The monoisotopic (exact) mass is 250 g/mol. The fraction of sp³-hybridized carbons (Fsp3) is 0.125. The molecule has 1 aromatic heterocycles. The summed E-state index contributed by atoms with van der Waals surface area (Å²) in [6, 6.07) is 15.6. The summed E-state index contributed by atoms with van der Waals surface area (Å²) >= 11 is 0. The molecule has 0 unspecified atom stereocenters. The second-order valence-corrected chi connectivity index (χ2v) is 4.43. The Morgan fingerprint density at radius 2 is 2.00 bits per heavy atom. The van der Waals surface area contributed by atoms with Crippen molar-refractivity contribution in [3.63, 3.8) is 0 Å². The Balaban J connectivity index is 2.14. The Hall–Kier alpha value is -2.42. The van der Waals surface area contributed by atoms with Gasteiger partial charge in [0.2, 0.25) is 0 Å². The van der Waals surface area contributed by atoms with Gasteiger partial charge in [-0.3, -0.25) is 9.36 Å². The molecule has 3 nitrogen and oxygen atoms in total. The van der Waals surface area contributed by atoms with Crippen LogP contribution in [0.1, 0.15) is 23.7 Å². The quantitative estimate of drug-likeness (QED) is 0.665. The average molecular weight is 250 g/mol. The summed E-state index contributed by atoms with van der Waals surface area (Å²) in [4.78, 5) is 16.1. The molecule has 0 atom stereocenters. The second-order valence-electron chi connectivity index (χ2n) is 4.43. The van der Waals surface area contributed by atoms with E-state index in [1.807, 2.05) is 60.0 Å². The number of para-hydroxylation sites is 2. The molecule has 0 bridgehead atoms. The van der Waals surface area contributed by atoms with Crippen molar-refractivity contribution in [3.05, 3.63) is 60.4 Å². The third-order valence-electron chi connectivity index (χ3n) is 3.22. The molecule has 0 radical (unpaired) electrons. The first-order valence-electron chi connectivity index (χ1n) is 6.35. The SMILES string of the molecule is CCC(=O)c1cccc(-n2cnc3ccccc32)c1. The number of rotatable bonds is 3. The van der Waals surface area contributed by atoms with Crippen LogP contribution in [0.2, 0.25) is 0 Å². The highest BCUT2D eigenvalue weighted by Gasteiger charge is 2.07. The van der Waals surface area contributed by atoms with Crippen molar-refractivity contribution in [1.29, 1.82) is 0 Å². The summed E-state index contributed by atoms with van der Waals surface area (Å²) in [6.07, 6.45) is 2.31. The molecule has 0 fully saturated rings. The lowest BCUT2D eigenvalue weighted by Crippen LogP contribution is -1.99. The van der Waals surface area contributed by atoms with Gasteiger partial charge in [-0.05, 0) is 24.3 Å². The Labute approximate surface area is 111 Å². The lowest BCUT2D eigenvalue weighted by atomic mass is 10.1. The van der Waals surface area contributed by atoms with Crippen molar-refractivity contribution in [2.45, 2.75) is 13.3 Å². The van der Waals surface area contributed by atoms with E-state index in [2.05, 4.69) is 4.98 Å². The molecule has 94 valence electrons. The van der Waals surface area contributed by atoms with E-state index in [0.29, 0.717) is 6.42 Å². The van der Waals surface area contributed by atoms with Gasteiger partial charge < -0.3 is 0 Å². The van der Waals surface area contributed by atoms with E-state index < -0.39 is 0 Å². The molecule has 3 rings (SSSR count). The van der Waals surface area contributed by atoms with Crippen LogP contribution in [0.4, 0.5) is 0 Å². The highest BCUT2D eigenvalue weighted by molar-refractivity contribution is 5.96. The summed E-state index contributed by atoms with van der Waals surface area (Å²) in [6.45, 7) is 1.88. The number of aromatic nitrogens is 2. The summed E-state index contributed by atoms with van der Waals surface area (Å²) in [5.74, 6) is 0.159. The van der Waals surface area contributed by atoms with Gasteiger partial charge in [-0.1, -0.05) is 31.2 Å². The van der Waals surface area contributed by atoms with Gasteiger partial charge in [0.15, 0.2) is 5.78 Å². The number of hydrogen-bond donors (Lipinski definition) is 0. The minimum absolute atomic E-state index is 0.159. The van der Waals surface area contributed by atoms with Crippen molar-refractivity contribution in [2.75, 3.05) is 0 Å². The lowest BCUT2D eigenvalue weighted by Gasteiger charge is -2.06. The number of hydrogen-bond acceptors (Lipinski definition) is 2. The third-order valence-corrected chi connectivity index (χ3v) is 3.22. The zero-order valence-electron chi connectivity index (χ0n) is 10.7. The third kappa shape index (κ3) is 2.03. The van der Waals surface area contributed by atoms with Crippen LogP contribution in [0, 0.1) is 0 Å². The maximum atomic E-state index is 11.8. The number of carbonyl (C=O) groups is 1. The predicted molar refractivity (Wildman–Crippen MR) is 75.7 cm³/mol. The zero-order chi connectivity index (χ0) is 13.2. The minimum Gasteiger partial charge on any atom is -0.299 e. The van der Waals surface area contributed by atoms with E-state index in [9.17, 15) is 4.79 Å². The first-order chi connectivity index (χ1) is 9.29. The molecule has 2 aromatic carbocycles. The second kappa shape index (κ2) is 4.69. The van der Waals surface area contributed by atoms with Crippen LogP contribution in [-0.4, -0.2) is 15.3 Å². The minimum atomic E-state index is 0.159. The molecule has 0 amide bonds. The van der Waals surface area contributed by atoms with Gasteiger partial charge >= 0.3 is 0 Å². The molecule has 0 spiro atoms. The Morgan fingerprint density at radius 3 is 2.84 bits per heavy atom. The van der Waals surface area contributed by atoms with Crippen LogP contribution < -0.4 is 0 Å². The van der Waals surface area contributed by atoms with Crippen molar-refractivity contribution in [3.8, 4) is 5.69 Å². The molecule has 3 heteroatoms. The van der Waals surface area contributed by atoms with E-state index in [1.54, 1.807) is 6.33 Å². The zero-order valence-corrected chi connectivity index (χ0v) is 10.7. The van der Waals surface area contributed by atoms with Gasteiger partial charge in [-0.15, -0.1) is 0 Å². The van der Waals surface area contributed by atoms with E-state index in [1.165, 1.54) is 0 Å². The standard InChI is InChI=1S/C16H14N2O/c1-2-16(19)12-6-5-7-13(10-12)18-11-17-14-8-3-4-9-15(14)18/h3-11H,2H2,1H3. The van der Waals surface area contributed by atoms with Crippen LogP contribution >= 0.6 is 0 Å². The molecule has 0 saturated carbocycles. The van der Waals surface area contributed by atoms with Crippen molar-refractivity contribution < 1.29 is 4.79 Å². The molecule has 0 aliphatic rings. The van der Waals surface area contributed by atoms with Gasteiger partial charge in [0.05, 0.1) is 11.0 Å². The number of fused-ring (bicyclic) bond motifs is 1. The predicted octanol–water partition coefficient (Wildman–Crippen LogP) is 3.62. The van der Waals surface area contributed by atoms with Crippen LogP contribution in [0.25, 0.3) is 16.7 Å². The molecular formula is C16H14N2O. The number of carbonyl (C=O) groups excluding carboxylic acids is 1. The number of nitrogens with zero attached hydrogens (tertiary/aromatic N) is 2. The van der Waals surface area contributed by atoms with Crippen LogP contribution in [0.5, 0.6) is 0 Å². The molecule has 0 saturated heterocycles. The molecule has 19 heavy (non-hydrogen) atoms.